The van der Waals surface area contributed by atoms with Crippen LogP contribution in [0.4, 0.5) is 0 Å². The normalized spacial score (nSPS) is 11.2. The number of hydrogen-bond donors (Lipinski definition) is 1. The number of pyridine rings is 1. The average molecular weight is 595 g/mol. The largest absolute Gasteiger partial charge is 0.512 e. The van der Waals surface area contributed by atoms with Crippen molar-refractivity contribution in [2.24, 2.45) is 11.8 Å². The molecular weight excluding hydrogens is 563 g/mol. The van der Waals surface area contributed by atoms with Gasteiger partial charge in [0.1, 0.15) is 0 Å². The number of fused-ring (bicyclic) bond motifs is 1. The molecule has 31 heavy (non-hydrogen) atoms. The summed E-state index contributed by atoms with van der Waals surface area (Å²) in [5, 5.41) is 10.4. The molecule has 0 aliphatic heterocycles. The van der Waals surface area contributed by atoms with Gasteiger partial charge >= 0.3 is 0 Å². The van der Waals surface area contributed by atoms with E-state index < -0.39 is 0 Å². The molecule has 0 saturated carbocycles. The van der Waals surface area contributed by atoms with Crippen molar-refractivity contribution in [2.45, 2.75) is 48.5 Å². The van der Waals surface area contributed by atoms with Gasteiger partial charge in [0.2, 0.25) is 0 Å². The van der Waals surface area contributed by atoms with E-state index in [1.54, 1.807) is 0 Å². The Morgan fingerprint density at radius 1 is 1.00 bits per heavy atom. The smallest absolute Gasteiger partial charge is 0.161 e. The van der Waals surface area contributed by atoms with Crippen molar-refractivity contribution in [3.63, 3.8) is 0 Å². The molecule has 0 unspecified atom stereocenters. The van der Waals surface area contributed by atoms with Crippen LogP contribution < -0.4 is 0 Å². The van der Waals surface area contributed by atoms with Gasteiger partial charge in [0.25, 0.3) is 0 Å². The molecule has 167 valence electrons. The second kappa shape index (κ2) is 11.9. The number of benzene rings is 2. The predicted molar refractivity (Wildman–Crippen MR) is 126 cm³/mol. The van der Waals surface area contributed by atoms with E-state index >= 15 is 0 Å². The molecule has 1 aromatic heterocycles. The van der Waals surface area contributed by atoms with Crippen LogP contribution in [0.3, 0.4) is 0 Å². The summed E-state index contributed by atoms with van der Waals surface area (Å²) in [5.74, 6) is 0.161. The van der Waals surface area contributed by atoms with Crippen LogP contribution in [0.1, 0.15) is 44.4 Å². The minimum atomic E-state index is -0.0316. The van der Waals surface area contributed by atoms with Crippen LogP contribution in [-0.4, -0.2) is 15.9 Å². The van der Waals surface area contributed by atoms with Gasteiger partial charge in [-0.25, -0.2) is 0 Å². The summed E-state index contributed by atoms with van der Waals surface area (Å²) in [4.78, 5) is 15.8. The quantitative estimate of drug-likeness (QED) is 0.202. The summed E-state index contributed by atoms with van der Waals surface area (Å²) < 4.78 is 0. The Kier molecular flexibility index (Phi) is 10.3. The SMILES string of the molecule is CC(C)C(=O)/C=C(\O)C(C)C.Cc1[c-]c(-c2nc3ccccc3cc2C)cc(C)c1.[Ir]. The third-order valence-corrected chi connectivity index (χ3v) is 4.77. The molecule has 0 spiro atoms. The topological polar surface area (TPSA) is 50.2 Å². The Bertz CT molecular complexity index is 1050. The van der Waals surface area contributed by atoms with E-state index in [4.69, 9.17) is 4.98 Å². The Morgan fingerprint density at radius 3 is 2.23 bits per heavy atom. The van der Waals surface area contributed by atoms with Gasteiger partial charge in [0.15, 0.2) is 5.78 Å². The zero-order valence-electron chi connectivity index (χ0n) is 19.4. The van der Waals surface area contributed by atoms with Gasteiger partial charge in [-0.15, -0.1) is 34.9 Å². The van der Waals surface area contributed by atoms with Crippen LogP contribution in [-0.2, 0) is 24.9 Å². The van der Waals surface area contributed by atoms with Crippen molar-refractivity contribution in [2.75, 3.05) is 0 Å². The molecule has 0 aliphatic carbocycles. The predicted octanol–water partition coefficient (Wildman–Crippen LogP) is 6.93. The monoisotopic (exact) mass is 595 g/mol. The van der Waals surface area contributed by atoms with Gasteiger partial charge in [-0.2, -0.15) is 0 Å². The fraction of sp³-hybridized carbons (Fsp3) is 0.333. The number of hydrogen-bond acceptors (Lipinski definition) is 3. The number of aliphatic hydroxyl groups is 1. The molecule has 3 nitrogen and oxygen atoms in total. The molecule has 1 radical (unpaired) electrons. The van der Waals surface area contributed by atoms with E-state index in [1.807, 2.05) is 39.8 Å². The van der Waals surface area contributed by atoms with Crippen LogP contribution in [0.15, 0.2) is 54.3 Å². The van der Waals surface area contributed by atoms with Crippen molar-refractivity contribution in [3.8, 4) is 11.3 Å². The van der Waals surface area contributed by atoms with Crippen molar-refractivity contribution >= 4 is 16.7 Å². The molecule has 0 fully saturated rings. The molecule has 0 bridgehead atoms. The summed E-state index contributed by atoms with van der Waals surface area (Å²) in [6.07, 6.45) is 1.31. The first kappa shape index (κ1) is 26.7. The molecule has 2 aromatic carbocycles. The van der Waals surface area contributed by atoms with Crippen molar-refractivity contribution in [3.05, 3.63) is 77.1 Å². The third-order valence-electron chi connectivity index (χ3n) is 4.77. The zero-order valence-corrected chi connectivity index (χ0v) is 21.8. The van der Waals surface area contributed by atoms with Gasteiger partial charge in [0.05, 0.1) is 11.3 Å². The van der Waals surface area contributed by atoms with Gasteiger partial charge in [0, 0.05) is 38.0 Å². The second-order valence-corrected chi connectivity index (χ2v) is 8.38. The van der Waals surface area contributed by atoms with E-state index in [9.17, 15) is 9.90 Å². The average Bonchev–Trinajstić information content (AvgIpc) is 2.66. The molecule has 1 N–H and O–H groups in total. The number of allylic oxidation sites excluding steroid dienone is 2. The number of aliphatic hydroxyl groups excluding tert-OH is 1. The Labute approximate surface area is 200 Å². The number of aryl methyl sites for hydroxylation is 3. The number of rotatable bonds is 4. The number of carbonyl (C=O) groups excluding carboxylic acids is 1. The van der Waals surface area contributed by atoms with Crippen LogP contribution in [0.5, 0.6) is 0 Å². The Hall–Kier alpha value is -2.29. The van der Waals surface area contributed by atoms with E-state index in [-0.39, 0.29) is 43.5 Å². The van der Waals surface area contributed by atoms with Crippen molar-refractivity contribution in [1.29, 1.82) is 0 Å². The number of aromatic nitrogens is 1. The van der Waals surface area contributed by atoms with Crippen molar-refractivity contribution in [1.82, 2.24) is 4.98 Å². The molecule has 3 aromatic rings. The first-order valence-electron chi connectivity index (χ1n) is 10.4. The van der Waals surface area contributed by atoms with Crippen molar-refractivity contribution < 1.29 is 30.0 Å². The number of nitrogens with zero attached hydrogens (tertiary/aromatic N) is 1. The maximum absolute atomic E-state index is 11.0. The second-order valence-electron chi connectivity index (χ2n) is 8.38. The van der Waals surface area contributed by atoms with Gasteiger partial charge in [-0.1, -0.05) is 71.4 Å². The van der Waals surface area contributed by atoms with Crippen LogP contribution in [0.2, 0.25) is 0 Å². The molecule has 0 amide bonds. The number of ketones is 1. The molecule has 3 rings (SSSR count). The zero-order chi connectivity index (χ0) is 22.4. The summed E-state index contributed by atoms with van der Waals surface area (Å²) in [6, 6.07) is 18.1. The Balaban J connectivity index is 0.000000349. The summed E-state index contributed by atoms with van der Waals surface area (Å²) in [6.45, 7) is 13.6. The van der Waals surface area contributed by atoms with E-state index in [2.05, 4.69) is 57.2 Å². The standard InChI is InChI=1S/C18H16N.C9H16O2.Ir/c1-12-8-13(2)10-16(9-12)18-14(3)11-15-6-4-5-7-17(15)19-18;1-6(2)8(10)5-9(11)7(3)4;/h4-9,11H,1-3H3;5-7,10H,1-4H3;/q-1;;/b;8-5-;. The van der Waals surface area contributed by atoms with Gasteiger partial charge < -0.3 is 5.11 Å². The number of para-hydroxylation sites is 1. The maximum atomic E-state index is 11.0. The fourth-order valence-corrected chi connectivity index (χ4v) is 3.00. The Morgan fingerprint density at radius 2 is 1.65 bits per heavy atom. The number of carbonyl (C=O) groups is 1. The summed E-state index contributed by atoms with van der Waals surface area (Å²) in [7, 11) is 0. The minimum Gasteiger partial charge on any atom is -0.512 e. The van der Waals surface area contributed by atoms with Crippen LogP contribution in [0, 0.1) is 38.7 Å². The van der Waals surface area contributed by atoms with Crippen LogP contribution >= 0.6 is 0 Å². The molecule has 1 heterocycles. The summed E-state index contributed by atoms with van der Waals surface area (Å²) in [5.41, 5.74) is 6.76. The van der Waals surface area contributed by atoms with Gasteiger partial charge in [-0.05, 0) is 24.1 Å². The van der Waals surface area contributed by atoms with Crippen LogP contribution in [0.25, 0.3) is 22.2 Å². The maximum Gasteiger partial charge on any atom is 0.161 e. The first-order chi connectivity index (χ1) is 14.1. The molecule has 0 aliphatic rings. The third kappa shape index (κ3) is 7.72. The molecule has 0 saturated heterocycles. The first-order valence-corrected chi connectivity index (χ1v) is 10.4. The summed E-state index contributed by atoms with van der Waals surface area (Å²) >= 11 is 0. The molecule has 4 heteroatoms. The molecule has 0 atom stereocenters. The van der Waals surface area contributed by atoms with E-state index in [0.29, 0.717) is 0 Å². The van der Waals surface area contributed by atoms with E-state index in [0.717, 1.165) is 22.3 Å². The molecular formula is C27H32IrNO2-. The fourth-order valence-electron chi connectivity index (χ4n) is 3.00. The minimum absolute atomic E-state index is 0. The van der Waals surface area contributed by atoms with E-state index in [1.165, 1.54) is 22.6 Å². The van der Waals surface area contributed by atoms with Gasteiger partial charge in [-0.3, -0.25) is 9.78 Å².